The molecule has 31 heavy (non-hydrogen) atoms. The van der Waals surface area contributed by atoms with Crippen molar-refractivity contribution in [3.63, 3.8) is 0 Å². The van der Waals surface area contributed by atoms with Crippen molar-refractivity contribution < 1.29 is 13.2 Å². The normalized spacial score (nSPS) is 12.1. The zero-order valence-corrected chi connectivity index (χ0v) is 19.6. The topological polar surface area (TPSA) is 91.8 Å². The third-order valence-electron chi connectivity index (χ3n) is 4.35. The molecule has 0 aromatic heterocycles. The van der Waals surface area contributed by atoms with Gasteiger partial charge in [0.15, 0.2) is 5.96 Å². The molecule has 0 aliphatic carbocycles. The van der Waals surface area contributed by atoms with Crippen LogP contribution < -0.4 is 20.1 Å². The van der Waals surface area contributed by atoms with Crippen molar-refractivity contribution in [3.05, 3.63) is 65.2 Å². The third kappa shape index (κ3) is 8.59. The third-order valence-corrected chi connectivity index (χ3v) is 5.87. The molecule has 0 atom stereocenters. The van der Waals surface area contributed by atoms with Crippen molar-refractivity contribution in [1.29, 1.82) is 0 Å². The maximum absolute atomic E-state index is 12.4. The van der Waals surface area contributed by atoms with E-state index in [-0.39, 0.29) is 11.8 Å². The molecule has 2 aromatic carbocycles. The molecule has 0 unspecified atom stereocenters. The van der Waals surface area contributed by atoms with Crippen LogP contribution in [-0.4, -0.2) is 33.6 Å². The lowest BCUT2D eigenvalue weighted by Crippen LogP contribution is -2.37. The second-order valence-corrected chi connectivity index (χ2v) is 9.14. The first-order valence-electron chi connectivity index (χ1n) is 10.6. The summed E-state index contributed by atoms with van der Waals surface area (Å²) in [5.41, 5.74) is 2.69. The molecule has 170 valence electrons. The maximum Gasteiger partial charge on any atom is 0.216 e. The van der Waals surface area contributed by atoms with Gasteiger partial charge >= 0.3 is 0 Å². The van der Waals surface area contributed by atoms with Crippen LogP contribution in [0.1, 0.15) is 44.4 Å². The Kier molecular flexibility index (Phi) is 9.81. The Hall–Kier alpha value is -2.58. The van der Waals surface area contributed by atoms with Gasteiger partial charge in [0, 0.05) is 24.7 Å². The number of hydrogen-bond acceptors (Lipinski definition) is 4. The smallest absolute Gasteiger partial charge is 0.216 e. The highest BCUT2D eigenvalue weighted by molar-refractivity contribution is 7.88. The van der Waals surface area contributed by atoms with Crippen molar-refractivity contribution in [3.8, 4) is 5.75 Å². The Labute approximate surface area is 186 Å². The Balaban J connectivity index is 2.11. The number of nitrogens with zero attached hydrogens (tertiary/aromatic N) is 1. The molecule has 2 rings (SSSR count). The molecule has 0 radical (unpaired) electrons. The van der Waals surface area contributed by atoms with E-state index in [9.17, 15) is 8.42 Å². The van der Waals surface area contributed by atoms with Gasteiger partial charge in [0.05, 0.1) is 18.9 Å². The predicted molar refractivity (Wildman–Crippen MR) is 127 cm³/mol. The molecule has 0 bridgehead atoms. The Bertz CT molecular complexity index is 959. The minimum atomic E-state index is -3.40. The highest BCUT2D eigenvalue weighted by atomic mass is 32.2. The SMILES string of the molecule is CCNC(=NCc1ccccc1OCC)NCc1ccccc1CS(=O)(=O)NC(C)C. The van der Waals surface area contributed by atoms with E-state index in [4.69, 9.17) is 4.74 Å². The van der Waals surface area contributed by atoms with Crippen LogP contribution in [0.25, 0.3) is 0 Å². The van der Waals surface area contributed by atoms with Gasteiger partial charge in [-0.3, -0.25) is 0 Å². The Morgan fingerprint density at radius 3 is 2.26 bits per heavy atom. The number of nitrogens with one attached hydrogen (secondary N) is 3. The van der Waals surface area contributed by atoms with E-state index in [0.717, 1.165) is 22.4 Å². The largest absolute Gasteiger partial charge is 0.494 e. The summed E-state index contributed by atoms with van der Waals surface area (Å²) in [5, 5.41) is 6.54. The van der Waals surface area contributed by atoms with Gasteiger partial charge in [-0.15, -0.1) is 0 Å². The van der Waals surface area contributed by atoms with Gasteiger partial charge in [-0.25, -0.2) is 18.1 Å². The predicted octanol–water partition coefficient (Wildman–Crippen LogP) is 3.17. The van der Waals surface area contributed by atoms with Crippen LogP contribution in [-0.2, 0) is 28.9 Å². The summed E-state index contributed by atoms with van der Waals surface area (Å²) in [6.07, 6.45) is 0. The van der Waals surface area contributed by atoms with Gasteiger partial charge in [-0.1, -0.05) is 42.5 Å². The summed E-state index contributed by atoms with van der Waals surface area (Å²) in [6, 6.07) is 15.3. The first kappa shape index (κ1) is 24.7. The van der Waals surface area contributed by atoms with Crippen LogP contribution in [0.15, 0.2) is 53.5 Å². The van der Waals surface area contributed by atoms with Crippen LogP contribution in [0.5, 0.6) is 5.75 Å². The summed E-state index contributed by atoms with van der Waals surface area (Å²) >= 11 is 0. The quantitative estimate of drug-likeness (QED) is 0.364. The minimum Gasteiger partial charge on any atom is -0.494 e. The molecule has 3 N–H and O–H groups in total. The number of sulfonamides is 1. The number of guanidine groups is 1. The fourth-order valence-electron chi connectivity index (χ4n) is 3.09. The molecule has 0 saturated heterocycles. The van der Waals surface area contributed by atoms with Gasteiger partial charge in [0.1, 0.15) is 5.75 Å². The number of benzene rings is 2. The number of aliphatic imine (C=N–C) groups is 1. The lowest BCUT2D eigenvalue weighted by Gasteiger charge is -2.15. The first-order chi connectivity index (χ1) is 14.8. The van der Waals surface area contributed by atoms with Crippen LogP contribution in [0, 0.1) is 0 Å². The molecule has 0 fully saturated rings. The van der Waals surface area contributed by atoms with Crippen molar-refractivity contribution in [2.75, 3.05) is 13.2 Å². The Morgan fingerprint density at radius 2 is 1.61 bits per heavy atom. The minimum absolute atomic E-state index is 0.0571. The summed E-state index contributed by atoms with van der Waals surface area (Å²) in [5.74, 6) is 1.43. The van der Waals surface area contributed by atoms with Gasteiger partial charge in [-0.05, 0) is 44.9 Å². The van der Waals surface area contributed by atoms with Gasteiger partial charge in [0.2, 0.25) is 10.0 Å². The van der Waals surface area contributed by atoms with Gasteiger partial charge in [-0.2, -0.15) is 0 Å². The molecule has 0 spiro atoms. The molecule has 8 heteroatoms. The molecule has 2 aromatic rings. The van der Waals surface area contributed by atoms with E-state index >= 15 is 0 Å². The van der Waals surface area contributed by atoms with Gasteiger partial charge < -0.3 is 15.4 Å². The summed E-state index contributed by atoms with van der Waals surface area (Å²) in [6.45, 7) is 9.84. The van der Waals surface area contributed by atoms with E-state index in [2.05, 4.69) is 20.3 Å². The van der Waals surface area contributed by atoms with E-state index < -0.39 is 10.0 Å². The van der Waals surface area contributed by atoms with Gasteiger partial charge in [0.25, 0.3) is 0 Å². The highest BCUT2D eigenvalue weighted by Gasteiger charge is 2.15. The number of ether oxygens (including phenoxy) is 1. The van der Waals surface area contributed by atoms with Crippen molar-refractivity contribution in [2.24, 2.45) is 4.99 Å². The molecule has 0 saturated carbocycles. The van der Waals surface area contributed by atoms with E-state index in [1.54, 1.807) is 0 Å². The monoisotopic (exact) mass is 446 g/mol. The molecule has 7 nitrogen and oxygen atoms in total. The average Bonchev–Trinajstić information content (AvgIpc) is 2.71. The van der Waals surface area contributed by atoms with Crippen LogP contribution in [0.3, 0.4) is 0 Å². The molecular formula is C23H34N4O3S. The Morgan fingerprint density at radius 1 is 0.968 bits per heavy atom. The average molecular weight is 447 g/mol. The number of para-hydroxylation sites is 1. The fraction of sp³-hybridized carbons (Fsp3) is 0.435. The van der Waals surface area contributed by atoms with E-state index in [1.165, 1.54) is 0 Å². The molecule has 0 aliphatic rings. The van der Waals surface area contributed by atoms with Crippen molar-refractivity contribution >= 4 is 16.0 Å². The summed E-state index contributed by atoms with van der Waals surface area (Å²) < 4.78 is 33.0. The zero-order chi connectivity index (χ0) is 22.7. The van der Waals surface area contributed by atoms with Crippen LogP contribution in [0.2, 0.25) is 0 Å². The second-order valence-electron chi connectivity index (χ2n) is 7.39. The number of hydrogen-bond donors (Lipinski definition) is 3. The summed E-state index contributed by atoms with van der Waals surface area (Å²) in [4.78, 5) is 4.67. The van der Waals surface area contributed by atoms with Crippen molar-refractivity contribution in [2.45, 2.75) is 52.6 Å². The standard InChI is InChI=1S/C23H34N4O3S/c1-5-24-23(26-16-20-12-9-10-14-22(20)30-6-2)25-15-19-11-7-8-13-21(19)17-31(28,29)27-18(3)4/h7-14,18,27H,5-6,15-17H2,1-4H3,(H2,24,25,26). The summed E-state index contributed by atoms with van der Waals surface area (Å²) in [7, 11) is -3.40. The van der Waals surface area contributed by atoms with E-state index in [0.29, 0.717) is 32.2 Å². The van der Waals surface area contributed by atoms with E-state index in [1.807, 2.05) is 76.2 Å². The molecule has 0 heterocycles. The fourth-order valence-corrected chi connectivity index (χ4v) is 4.58. The lowest BCUT2D eigenvalue weighted by atomic mass is 10.1. The molecule has 0 amide bonds. The maximum atomic E-state index is 12.4. The first-order valence-corrected chi connectivity index (χ1v) is 12.3. The van der Waals surface area contributed by atoms with Crippen LogP contribution in [0.4, 0.5) is 0 Å². The number of rotatable bonds is 11. The van der Waals surface area contributed by atoms with Crippen molar-refractivity contribution in [1.82, 2.24) is 15.4 Å². The second kappa shape index (κ2) is 12.3. The highest BCUT2D eigenvalue weighted by Crippen LogP contribution is 2.18. The molecular weight excluding hydrogens is 412 g/mol. The lowest BCUT2D eigenvalue weighted by molar-refractivity contribution is 0.336. The zero-order valence-electron chi connectivity index (χ0n) is 18.8. The van der Waals surface area contributed by atoms with Crippen LogP contribution >= 0.6 is 0 Å². The molecule has 0 aliphatic heterocycles.